The average molecular weight is 391 g/mol. The number of hydrogen-bond donors (Lipinski definition) is 1. The molecule has 5 rings (SSSR count). The predicted molar refractivity (Wildman–Crippen MR) is 110 cm³/mol. The van der Waals surface area contributed by atoms with Gasteiger partial charge in [0.05, 0.1) is 0 Å². The summed E-state index contributed by atoms with van der Waals surface area (Å²) in [7, 11) is 0. The van der Waals surface area contributed by atoms with Crippen LogP contribution in [0.2, 0.25) is 0 Å². The normalized spacial score (nSPS) is 22.7. The van der Waals surface area contributed by atoms with Crippen LogP contribution in [0.3, 0.4) is 0 Å². The van der Waals surface area contributed by atoms with Gasteiger partial charge in [-0.15, -0.1) is 0 Å². The molecule has 0 spiro atoms. The number of nitrogens with one attached hydrogen (secondary N) is 1. The van der Waals surface area contributed by atoms with Crippen molar-refractivity contribution in [2.45, 2.75) is 44.7 Å². The van der Waals surface area contributed by atoms with Gasteiger partial charge in [-0.3, -0.25) is 14.4 Å². The second kappa shape index (κ2) is 6.87. The molecule has 29 heavy (non-hydrogen) atoms. The summed E-state index contributed by atoms with van der Waals surface area (Å²) in [6.07, 6.45) is 3.14. The van der Waals surface area contributed by atoms with Crippen LogP contribution in [-0.2, 0) is 11.3 Å². The van der Waals surface area contributed by atoms with E-state index in [1.54, 1.807) is 13.0 Å². The zero-order valence-electron chi connectivity index (χ0n) is 16.6. The van der Waals surface area contributed by atoms with Crippen LogP contribution >= 0.6 is 0 Å². The number of fused-ring (bicyclic) bond motifs is 4. The van der Waals surface area contributed by atoms with Crippen LogP contribution in [-0.4, -0.2) is 40.4 Å². The van der Waals surface area contributed by atoms with E-state index in [4.69, 9.17) is 0 Å². The molecule has 150 valence electrons. The van der Waals surface area contributed by atoms with Gasteiger partial charge in [0, 0.05) is 55.8 Å². The Kier molecular flexibility index (Phi) is 4.30. The molecule has 2 aromatic rings. The van der Waals surface area contributed by atoms with Crippen molar-refractivity contribution in [1.82, 2.24) is 14.8 Å². The van der Waals surface area contributed by atoms with Gasteiger partial charge in [-0.1, -0.05) is 12.1 Å². The topological polar surface area (TPSA) is 71.4 Å². The van der Waals surface area contributed by atoms with Crippen LogP contribution in [0.1, 0.15) is 48.2 Å². The van der Waals surface area contributed by atoms with Crippen molar-refractivity contribution >= 4 is 11.8 Å². The Balaban J connectivity index is 1.44. The van der Waals surface area contributed by atoms with Crippen molar-refractivity contribution in [1.29, 1.82) is 0 Å². The maximum Gasteiger partial charge on any atom is 0.251 e. The second-order valence-corrected chi connectivity index (χ2v) is 8.67. The van der Waals surface area contributed by atoms with Crippen molar-refractivity contribution < 1.29 is 9.59 Å². The van der Waals surface area contributed by atoms with E-state index in [-0.39, 0.29) is 23.3 Å². The highest BCUT2D eigenvalue weighted by molar-refractivity contribution is 5.95. The van der Waals surface area contributed by atoms with E-state index in [1.165, 1.54) is 0 Å². The molecule has 2 aliphatic heterocycles. The molecule has 0 radical (unpaired) electrons. The number of pyridine rings is 1. The lowest BCUT2D eigenvalue weighted by Gasteiger charge is -2.42. The van der Waals surface area contributed by atoms with Gasteiger partial charge in [0.2, 0.25) is 5.91 Å². The van der Waals surface area contributed by atoms with Gasteiger partial charge >= 0.3 is 0 Å². The average Bonchev–Trinajstić information content (AvgIpc) is 3.52. The quantitative estimate of drug-likeness (QED) is 0.873. The molecule has 1 aliphatic carbocycles. The van der Waals surface area contributed by atoms with Crippen LogP contribution in [0.5, 0.6) is 0 Å². The van der Waals surface area contributed by atoms with E-state index in [9.17, 15) is 14.4 Å². The first-order valence-corrected chi connectivity index (χ1v) is 10.4. The van der Waals surface area contributed by atoms with Gasteiger partial charge in [-0.05, 0) is 54.5 Å². The van der Waals surface area contributed by atoms with E-state index in [2.05, 4.69) is 11.4 Å². The SMILES string of the molecule is CC(=O)N1C[C@@H]2C[C@H](C1)c1cc(-c3ccc(C(=O)NC4CC4)cc3)cc(=O)n1C2. The number of piperidine rings is 1. The molecule has 2 atom stereocenters. The predicted octanol–water partition coefficient (Wildman–Crippen LogP) is 2.37. The maximum atomic E-state index is 12.8. The minimum atomic E-state index is -0.0397. The second-order valence-electron chi connectivity index (χ2n) is 8.67. The van der Waals surface area contributed by atoms with E-state index in [0.717, 1.165) is 42.6 Å². The van der Waals surface area contributed by atoms with E-state index in [1.807, 2.05) is 33.7 Å². The van der Waals surface area contributed by atoms with Gasteiger partial charge in [0.1, 0.15) is 0 Å². The fourth-order valence-corrected chi connectivity index (χ4v) is 4.69. The maximum absolute atomic E-state index is 12.8. The van der Waals surface area contributed by atoms with Crippen LogP contribution in [0.15, 0.2) is 41.2 Å². The van der Waals surface area contributed by atoms with Crippen molar-refractivity contribution in [3.63, 3.8) is 0 Å². The molecule has 1 aromatic carbocycles. The lowest BCUT2D eigenvalue weighted by atomic mass is 9.82. The third kappa shape index (κ3) is 3.48. The van der Waals surface area contributed by atoms with Gasteiger partial charge in [-0.2, -0.15) is 0 Å². The number of hydrogen-bond acceptors (Lipinski definition) is 3. The Morgan fingerprint density at radius 1 is 1.00 bits per heavy atom. The van der Waals surface area contributed by atoms with E-state index in [0.29, 0.717) is 30.6 Å². The summed E-state index contributed by atoms with van der Waals surface area (Å²) in [5.41, 5.74) is 3.47. The van der Waals surface area contributed by atoms with Crippen molar-refractivity contribution in [3.05, 3.63) is 58.0 Å². The van der Waals surface area contributed by atoms with Crippen LogP contribution in [0.25, 0.3) is 11.1 Å². The summed E-state index contributed by atoms with van der Waals surface area (Å²) in [4.78, 5) is 38.8. The monoisotopic (exact) mass is 391 g/mol. The largest absolute Gasteiger partial charge is 0.349 e. The van der Waals surface area contributed by atoms with Crippen LogP contribution in [0, 0.1) is 5.92 Å². The Morgan fingerprint density at radius 2 is 1.76 bits per heavy atom. The van der Waals surface area contributed by atoms with Crippen LogP contribution < -0.4 is 10.9 Å². The molecule has 3 aliphatic rings. The molecule has 1 N–H and O–H groups in total. The highest BCUT2D eigenvalue weighted by Crippen LogP contribution is 2.36. The Hall–Kier alpha value is -2.89. The molecule has 2 bridgehead atoms. The van der Waals surface area contributed by atoms with Crippen molar-refractivity contribution in [3.8, 4) is 11.1 Å². The van der Waals surface area contributed by atoms with E-state index < -0.39 is 0 Å². The number of nitrogens with zero attached hydrogens (tertiary/aromatic N) is 2. The molecule has 2 fully saturated rings. The summed E-state index contributed by atoms with van der Waals surface area (Å²) in [6, 6.07) is 11.6. The molecule has 6 nitrogen and oxygen atoms in total. The molecular formula is C23H25N3O3. The number of likely N-dealkylation sites (tertiary alicyclic amines) is 1. The number of amides is 2. The number of benzene rings is 1. The Labute approximate surface area is 169 Å². The zero-order chi connectivity index (χ0) is 20.1. The summed E-state index contributed by atoms with van der Waals surface area (Å²) in [5.74, 6) is 0.606. The molecular weight excluding hydrogens is 366 g/mol. The molecule has 0 unspecified atom stereocenters. The lowest BCUT2D eigenvalue weighted by molar-refractivity contribution is -0.131. The third-order valence-electron chi connectivity index (χ3n) is 6.39. The summed E-state index contributed by atoms with van der Waals surface area (Å²) in [5, 5.41) is 2.99. The smallest absolute Gasteiger partial charge is 0.251 e. The standard InChI is InChI=1S/C23H25N3O3/c1-14(27)25-11-15-8-19(13-25)21-9-18(10-22(28)26(21)12-15)16-2-4-17(5-3-16)23(29)24-20-6-7-20/h2-5,9-10,15,19-20H,6-8,11-13H2,1H3,(H,24,29)/t15-,19+/m0/s1. The minimum absolute atomic E-state index is 0.0130. The first-order chi connectivity index (χ1) is 14.0. The number of carbonyl (C=O) groups excluding carboxylic acids is 2. The van der Waals surface area contributed by atoms with Gasteiger partial charge < -0.3 is 14.8 Å². The number of aromatic nitrogens is 1. The van der Waals surface area contributed by atoms with E-state index >= 15 is 0 Å². The fraction of sp³-hybridized carbons (Fsp3) is 0.435. The zero-order valence-corrected chi connectivity index (χ0v) is 16.6. The summed E-state index contributed by atoms with van der Waals surface area (Å²) < 4.78 is 1.89. The fourth-order valence-electron chi connectivity index (χ4n) is 4.69. The third-order valence-corrected chi connectivity index (χ3v) is 6.39. The summed E-state index contributed by atoms with van der Waals surface area (Å²) >= 11 is 0. The first kappa shape index (κ1) is 18.2. The van der Waals surface area contributed by atoms with Gasteiger partial charge in [0.25, 0.3) is 11.5 Å². The van der Waals surface area contributed by atoms with Crippen molar-refractivity contribution in [2.75, 3.05) is 13.1 Å². The molecule has 1 saturated carbocycles. The molecule has 2 amide bonds. The van der Waals surface area contributed by atoms with Crippen molar-refractivity contribution in [2.24, 2.45) is 5.92 Å². The molecule has 6 heteroatoms. The van der Waals surface area contributed by atoms with Gasteiger partial charge in [0.15, 0.2) is 0 Å². The molecule has 1 saturated heterocycles. The molecule has 3 heterocycles. The van der Waals surface area contributed by atoms with Crippen LogP contribution in [0.4, 0.5) is 0 Å². The Morgan fingerprint density at radius 3 is 2.45 bits per heavy atom. The number of carbonyl (C=O) groups is 2. The minimum Gasteiger partial charge on any atom is -0.349 e. The lowest BCUT2D eigenvalue weighted by Crippen LogP contribution is -2.48. The molecule has 1 aromatic heterocycles. The first-order valence-electron chi connectivity index (χ1n) is 10.4. The Bertz CT molecular complexity index is 1040. The van der Waals surface area contributed by atoms with Gasteiger partial charge in [-0.25, -0.2) is 0 Å². The highest BCUT2D eigenvalue weighted by Gasteiger charge is 2.35. The summed E-state index contributed by atoms with van der Waals surface area (Å²) in [6.45, 7) is 3.71. The number of rotatable bonds is 3. The highest BCUT2D eigenvalue weighted by atomic mass is 16.2.